The van der Waals surface area contributed by atoms with Crippen LogP contribution < -0.4 is 10.1 Å². The van der Waals surface area contributed by atoms with E-state index in [0.717, 1.165) is 25.4 Å². The molecule has 1 N–H and O–H groups in total. The first kappa shape index (κ1) is 19.1. The van der Waals surface area contributed by atoms with Gasteiger partial charge >= 0.3 is 0 Å². The Hall–Kier alpha value is -2.88. The highest BCUT2D eigenvalue weighted by atomic mass is 16.5. The van der Waals surface area contributed by atoms with E-state index in [9.17, 15) is 0 Å². The van der Waals surface area contributed by atoms with Crippen molar-refractivity contribution in [3.05, 3.63) is 101 Å². The zero-order valence-corrected chi connectivity index (χ0v) is 17.4. The summed E-state index contributed by atoms with van der Waals surface area (Å²) in [6.07, 6.45) is 4.37. The molecule has 0 aromatic heterocycles. The number of methoxy groups -OCH3 is 1. The Balaban J connectivity index is 1.28. The summed E-state index contributed by atoms with van der Waals surface area (Å²) in [7, 11) is 1.73. The van der Waals surface area contributed by atoms with Gasteiger partial charge in [0, 0.05) is 37.6 Å². The molecule has 2 aliphatic heterocycles. The Morgan fingerprint density at radius 2 is 1.57 bits per heavy atom. The van der Waals surface area contributed by atoms with E-state index < -0.39 is 0 Å². The van der Waals surface area contributed by atoms with E-state index in [1.807, 2.05) is 12.1 Å². The van der Waals surface area contributed by atoms with Crippen molar-refractivity contribution in [2.75, 3.05) is 20.2 Å². The second-order valence-corrected chi connectivity index (χ2v) is 8.25. The van der Waals surface area contributed by atoms with Gasteiger partial charge in [-0.2, -0.15) is 0 Å². The van der Waals surface area contributed by atoms with Gasteiger partial charge in [0.25, 0.3) is 0 Å². The molecule has 30 heavy (non-hydrogen) atoms. The van der Waals surface area contributed by atoms with Crippen molar-refractivity contribution in [1.82, 2.24) is 10.2 Å². The van der Waals surface area contributed by atoms with Gasteiger partial charge in [0.05, 0.1) is 7.11 Å². The molecule has 5 rings (SSSR count). The van der Waals surface area contributed by atoms with E-state index in [-0.39, 0.29) is 0 Å². The molecule has 152 valence electrons. The molecule has 2 fully saturated rings. The Bertz CT molecular complexity index is 1000. The highest BCUT2D eigenvalue weighted by Gasteiger charge is 2.50. The lowest BCUT2D eigenvalue weighted by atomic mass is 9.72. The van der Waals surface area contributed by atoms with E-state index in [1.54, 1.807) is 7.11 Å². The summed E-state index contributed by atoms with van der Waals surface area (Å²) in [5.41, 5.74) is 5.27. The van der Waals surface area contributed by atoms with Crippen molar-refractivity contribution >= 4 is 12.2 Å². The number of nitrogens with zero attached hydrogens (tertiary/aromatic N) is 1. The monoisotopic (exact) mass is 396 g/mol. The first-order chi connectivity index (χ1) is 14.8. The van der Waals surface area contributed by atoms with Crippen LogP contribution in [0.1, 0.15) is 28.2 Å². The van der Waals surface area contributed by atoms with Gasteiger partial charge in [0.1, 0.15) is 5.75 Å². The van der Waals surface area contributed by atoms with Gasteiger partial charge in [-0.3, -0.25) is 4.90 Å². The molecular formula is C27H28N2O. The molecule has 2 saturated heterocycles. The fourth-order valence-corrected chi connectivity index (χ4v) is 4.93. The highest BCUT2D eigenvalue weighted by Crippen LogP contribution is 2.43. The number of fused-ring (bicyclic) bond motifs is 2. The fourth-order valence-electron chi connectivity index (χ4n) is 4.93. The molecule has 3 aromatic carbocycles. The Labute approximate surface area is 179 Å². The maximum atomic E-state index is 5.40. The maximum Gasteiger partial charge on any atom is 0.119 e. The molecule has 1 unspecified atom stereocenters. The van der Waals surface area contributed by atoms with Crippen LogP contribution in [-0.2, 0) is 6.54 Å². The number of hydrogen-bond acceptors (Lipinski definition) is 3. The molecule has 3 aromatic rings. The van der Waals surface area contributed by atoms with Crippen LogP contribution in [0.25, 0.3) is 12.2 Å². The quantitative estimate of drug-likeness (QED) is 0.606. The average Bonchev–Trinajstić information content (AvgIpc) is 2.82. The Morgan fingerprint density at radius 3 is 2.27 bits per heavy atom. The van der Waals surface area contributed by atoms with E-state index in [2.05, 4.69) is 89.1 Å². The molecule has 0 aliphatic carbocycles. The third-order valence-corrected chi connectivity index (χ3v) is 6.48. The molecule has 0 radical (unpaired) electrons. The molecule has 0 amide bonds. The normalized spacial score (nSPS) is 23.3. The van der Waals surface area contributed by atoms with Crippen molar-refractivity contribution in [3.63, 3.8) is 0 Å². The molecule has 0 saturated carbocycles. The lowest BCUT2D eigenvalue weighted by Crippen LogP contribution is -2.72. The topological polar surface area (TPSA) is 24.5 Å². The van der Waals surface area contributed by atoms with Crippen molar-refractivity contribution in [1.29, 1.82) is 0 Å². The van der Waals surface area contributed by atoms with E-state index >= 15 is 0 Å². The summed E-state index contributed by atoms with van der Waals surface area (Å²) >= 11 is 0. The summed E-state index contributed by atoms with van der Waals surface area (Å²) in [6.45, 7) is 3.10. The van der Waals surface area contributed by atoms with Crippen LogP contribution in [0.2, 0.25) is 0 Å². The summed E-state index contributed by atoms with van der Waals surface area (Å²) < 4.78 is 5.40. The lowest BCUT2D eigenvalue weighted by molar-refractivity contribution is -0.0483. The second-order valence-electron chi connectivity index (χ2n) is 8.25. The third kappa shape index (κ3) is 3.79. The Morgan fingerprint density at radius 1 is 0.867 bits per heavy atom. The van der Waals surface area contributed by atoms with E-state index in [1.165, 1.54) is 22.3 Å². The first-order valence-corrected chi connectivity index (χ1v) is 10.7. The number of piperidine rings is 1. The largest absolute Gasteiger partial charge is 0.497 e. The van der Waals surface area contributed by atoms with Crippen LogP contribution in [-0.4, -0.2) is 37.2 Å². The summed E-state index contributed by atoms with van der Waals surface area (Å²) in [6, 6.07) is 29.2. The van der Waals surface area contributed by atoms with Crippen molar-refractivity contribution < 1.29 is 4.74 Å². The number of piperazine rings is 1. The van der Waals surface area contributed by atoms with Gasteiger partial charge in [0.2, 0.25) is 0 Å². The van der Waals surface area contributed by atoms with Gasteiger partial charge in [-0.05, 0) is 34.4 Å². The number of nitrogens with one attached hydrogen (secondary N) is 1. The number of hydrogen-bond donors (Lipinski definition) is 1. The molecule has 2 heterocycles. The van der Waals surface area contributed by atoms with E-state index in [4.69, 9.17) is 4.74 Å². The van der Waals surface area contributed by atoms with Crippen molar-refractivity contribution in [2.24, 2.45) is 0 Å². The van der Waals surface area contributed by atoms with Gasteiger partial charge in [-0.15, -0.1) is 0 Å². The molecule has 3 atom stereocenters. The van der Waals surface area contributed by atoms with Crippen LogP contribution in [0.15, 0.2) is 78.9 Å². The fraction of sp³-hybridized carbons (Fsp3) is 0.259. The minimum Gasteiger partial charge on any atom is -0.497 e. The number of benzene rings is 3. The smallest absolute Gasteiger partial charge is 0.119 e. The SMILES string of the molecule is COc1cccc(CN2[C@@H]3CNC[C@H]2C3c2ccc(/C=C/c3ccccc3)cc2)c1. The van der Waals surface area contributed by atoms with E-state index in [0.29, 0.717) is 18.0 Å². The van der Waals surface area contributed by atoms with Crippen molar-refractivity contribution in [3.8, 4) is 5.75 Å². The highest BCUT2D eigenvalue weighted by molar-refractivity contribution is 5.69. The summed E-state index contributed by atoms with van der Waals surface area (Å²) in [4.78, 5) is 2.65. The zero-order valence-electron chi connectivity index (χ0n) is 17.4. The van der Waals surface area contributed by atoms with Crippen LogP contribution in [0.3, 0.4) is 0 Å². The van der Waals surface area contributed by atoms with Gasteiger partial charge in [-0.1, -0.05) is 78.9 Å². The third-order valence-electron chi connectivity index (χ3n) is 6.48. The number of ether oxygens (including phenoxy) is 1. The zero-order chi connectivity index (χ0) is 20.3. The molecule has 2 bridgehead atoms. The first-order valence-electron chi connectivity index (χ1n) is 10.7. The average molecular weight is 397 g/mol. The second kappa shape index (κ2) is 8.47. The maximum absolute atomic E-state index is 5.40. The summed E-state index contributed by atoms with van der Waals surface area (Å²) in [5.74, 6) is 1.55. The minimum absolute atomic E-state index is 0.556. The molecular weight excluding hydrogens is 368 g/mol. The van der Waals surface area contributed by atoms with Crippen LogP contribution >= 0.6 is 0 Å². The molecule has 2 aliphatic rings. The predicted molar refractivity (Wildman–Crippen MR) is 124 cm³/mol. The van der Waals surface area contributed by atoms with Crippen LogP contribution in [0.4, 0.5) is 0 Å². The number of rotatable bonds is 6. The predicted octanol–water partition coefficient (Wildman–Crippen LogP) is 4.81. The Kier molecular flexibility index (Phi) is 5.39. The summed E-state index contributed by atoms with van der Waals surface area (Å²) in [5, 5.41) is 3.59. The van der Waals surface area contributed by atoms with Crippen LogP contribution in [0.5, 0.6) is 5.75 Å². The molecule has 3 nitrogen and oxygen atoms in total. The molecule has 3 heteroatoms. The standard InChI is InChI=1S/C27H28N2O/c1-30-24-9-5-8-22(16-24)19-29-25-17-28-18-26(29)27(25)23-14-12-21(13-15-23)11-10-20-6-3-2-4-7-20/h2-16,25-28H,17-19H2,1H3/b11-10+/t25-,26+,27?. The van der Waals surface area contributed by atoms with Crippen LogP contribution in [0, 0.1) is 0 Å². The van der Waals surface area contributed by atoms with Gasteiger partial charge in [-0.25, -0.2) is 0 Å². The van der Waals surface area contributed by atoms with Gasteiger partial charge in [0.15, 0.2) is 0 Å². The van der Waals surface area contributed by atoms with Gasteiger partial charge < -0.3 is 10.1 Å². The van der Waals surface area contributed by atoms with Crippen molar-refractivity contribution in [2.45, 2.75) is 24.5 Å². The molecule has 0 spiro atoms. The minimum atomic E-state index is 0.556. The lowest BCUT2D eigenvalue weighted by Gasteiger charge is -2.59.